The Kier molecular flexibility index (Phi) is 3.35. The molecule has 3 rings (SSSR count). The maximum atomic E-state index is 13.0. The number of alkyl halides is 3. The third-order valence-electron chi connectivity index (χ3n) is 3.47. The van der Waals surface area contributed by atoms with Crippen LogP contribution in [0.4, 0.5) is 17.6 Å². The second-order valence-corrected chi connectivity index (χ2v) is 4.95. The van der Waals surface area contributed by atoms with Gasteiger partial charge in [-0.15, -0.1) is 0 Å². The van der Waals surface area contributed by atoms with E-state index in [-0.39, 0.29) is 22.2 Å². The second kappa shape index (κ2) is 5.12. The molecule has 0 saturated carbocycles. The van der Waals surface area contributed by atoms with Crippen molar-refractivity contribution in [2.75, 3.05) is 0 Å². The molecule has 1 heterocycles. The van der Waals surface area contributed by atoms with Crippen molar-refractivity contribution in [1.82, 2.24) is 4.98 Å². The first-order valence-electron chi connectivity index (χ1n) is 6.49. The number of H-pyrrole nitrogens is 1. The number of hydrogen-bond donors (Lipinski definition) is 2. The first-order chi connectivity index (χ1) is 10.8. The van der Waals surface area contributed by atoms with E-state index in [1.165, 1.54) is 18.2 Å². The second-order valence-electron chi connectivity index (χ2n) is 4.95. The normalized spacial score (nSPS) is 11.8. The molecule has 0 aliphatic rings. The smallest absolute Gasteiger partial charge is 0.416 e. The molecule has 0 aliphatic heterocycles. The lowest BCUT2D eigenvalue weighted by molar-refractivity contribution is -0.137. The van der Waals surface area contributed by atoms with Gasteiger partial charge in [-0.05, 0) is 35.9 Å². The zero-order valence-corrected chi connectivity index (χ0v) is 11.4. The minimum atomic E-state index is -4.55. The number of carboxylic acids is 1. The fraction of sp³-hybridized carbons (Fsp3) is 0.0625. The Morgan fingerprint density at radius 1 is 1.04 bits per heavy atom. The molecule has 0 aliphatic carbocycles. The Balaban J connectivity index is 2.33. The highest BCUT2D eigenvalue weighted by Crippen LogP contribution is 2.37. The van der Waals surface area contributed by atoms with Crippen LogP contribution in [-0.2, 0) is 6.18 Å². The summed E-state index contributed by atoms with van der Waals surface area (Å²) >= 11 is 0. The van der Waals surface area contributed by atoms with Gasteiger partial charge in [-0.2, -0.15) is 13.2 Å². The minimum Gasteiger partial charge on any atom is -0.477 e. The molecule has 3 aromatic rings. The Morgan fingerprint density at radius 3 is 2.26 bits per heavy atom. The molecule has 0 saturated heterocycles. The van der Waals surface area contributed by atoms with Crippen molar-refractivity contribution in [2.24, 2.45) is 0 Å². The highest BCUT2D eigenvalue weighted by molar-refractivity contribution is 6.07. The fourth-order valence-electron chi connectivity index (χ4n) is 2.45. The van der Waals surface area contributed by atoms with Crippen molar-refractivity contribution in [3.8, 4) is 11.1 Å². The summed E-state index contributed by atoms with van der Waals surface area (Å²) in [5, 5.41) is 9.40. The van der Waals surface area contributed by atoms with Gasteiger partial charge >= 0.3 is 12.1 Å². The van der Waals surface area contributed by atoms with Crippen LogP contribution in [0.2, 0.25) is 0 Å². The van der Waals surface area contributed by atoms with Crippen LogP contribution in [0.5, 0.6) is 0 Å². The molecule has 0 bridgehead atoms. The fourth-order valence-corrected chi connectivity index (χ4v) is 2.45. The molecule has 2 aromatic carbocycles. The van der Waals surface area contributed by atoms with Crippen molar-refractivity contribution >= 4 is 16.9 Å². The summed E-state index contributed by atoms with van der Waals surface area (Å²) in [6.45, 7) is 0. The van der Waals surface area contributed by atoms with Gasteiger partial charge in [0, 0.05) is 16.5 Å². The average molecular weight is 323 g/mol. The number of aromatic nitrogens is 1. The number of hydrogen-bond acceptors (Lipinski definition) is 1. The zero-order chi connectivity index (χ0) is 16.8. The van der Waals surface area contributed by atoms with Crippen LogP contribution in [0.1, 0.15) is 16.1 Å². The van der Waals surface area contributed by atoms with E-state index < -0.39 is 23.5 Å². The van der Waals surface area contributed by atoms with E-state index in [0.29, 0.717) is 5.56 Å². The number of aromatic carboxylic acids is 1. The lowest BCUT2D eigenvalue weighted by Crippen LogP contribution is -2.04. The van der Waals surface area contributed by atoms with Gasteiger partial charge in [0.2, 0.25) is 0 Å². The van der Waals surface area contributed by atoms with Gasteiger partial charge in [-0.3, -0.25) is 0 Å². The molecule has 7 heteroatoms. The predicted molar refractivity (Wildman–Crippen MR) is 75.7 cm³/mol. The summed E-state index contributed by atoms with van der Waals surface area (Å²) in [7, 11) is 0. The summed E-state index contributed by atoms with van der Waals surface area (Å²) < 4.78 is 51.7. The van der Waals surface area contributed by atoms with Crippen molar-refractivity contribution in [3.05, 3.63) is 59.5 Å². The van der Waals surface area contributed by atoms with E-state index in [1.807, 2.05) is 0 Å². The van der Waals surface area contributed by atoms with Crippen molar-refractivity contribution in [1.29, 1.82) is 0 Å². The van der Waals surface area contributed by atoms with Gasteiger partial charge in [-0.25, -0.2) is 9.18 Å². The van der Waals surface area contributed by atoms with E-state index in [1.54, 1.807) is 0 Å². The van der Waals surface area contributed by atoms with Crippen LogP contribution < -0.4 is 0 Å². The van der Waals surface area contributed by atoms with E-state index in [4.69, 9.17) is 0 Å². The quantitative estimate of drug-likeness (QED) is 0.672. The Bertz CT molecular complexity index is 895. The van der Waals surface area contributed by atoms with Gasteiger partial charge in [0.25, 0.3) is 0 Å². The van der Waals surface area contributed by atoms with Crippen LogP contribution in [0.3, 0.4) is 0 Å². The Morgan fingerprint density at radius 2 is 1.70 bits per heavy atom. The minimum absolute atomic E-state index is 0.0959. The van der Waals surface area contributed by atoms with Crippen molar-refractivity contribution < 1.29 is 27.5 Å². The number of aromatic amines is 1. The highest BCUT2D eigenvalue weighted by atomic mass is 19.4. The number of rotatable bonds is 2. The van der Waals surface area contributed by atoms with Gasteiger partial charge in [0.1, 0.15) is 11.5 Å². The molecule has 0 unspecified atom stereocenters. The molecule has 1 aromatic heterocycles. The van der Waals surface area contributed by atoms with Crippen molar-refractivity contribution in [3.63, 3.8) is 0 Å². The van der Waals surface area contributed by atoms with Gasteiger partial charge in [0.15, 0.2) is 0 Å². The van der Waals surface area contributed by atoms with Gasteiger partial charge in [-0.1, -0.05) is 12.1 Å². The maximum Gasteiger partial charge on any atom is 0.416 e. The molecule has 0 amide bonds. The van der Waals surface area contributed by atoms with Crippen LogP contribution in [-0.4, -0.2) is 16.1 Å². The molecule has 2 N–H and O–H groups in total. The third kappa shape index (κ3) is 2.65. The van der Waals surface area contributed by atoms with Crippen molar-refractivity contribution in [2.45, 2.75) is 6.18 Å². The Labute approximate surface area is 127 Å². The molecule has 118 valence electrons. The lowest BCUT2D eigenvalue weighted by Gasteiger charge is -2.07. The standard InChI is InChI=1S/C16H9F4NO2/c17-10-4-1-8(2-5-10)13-11-7-9(16(18,19)20)3-6-12(11)21-14(13)15(22)23/h1-7,21H,(H,22,23). The van der Waals surface area contributed by atoms with E-state index in [2.05, 4.69) is 4.98 Å². The summed E-state index contributed by atoms with van der Waals surface area (Å²) in [4.78, 5) is 14.0. The highest BCUT2D eigenvalue weighted by Gasteiger charge is 2.31. The largest absolute Gasteiger partial charge is 0.477 e. The monoisotopic (exact) mass is 323 g/mol. The zero-order valence-electron chi connectivity index (χ0n) is 11.4. The molecule has 23 heavy (non-hydrogen) atoms. The van der Waals surface area contributed by atoms with E-state index >= 15 is 0 Å². The summed E-state index contributed by atoms with van der Waals surface area (Å²) in [6.07, 6.45) is -4.55. The number of nitrogens with one attached hydrogen (secondary N) is 1. The van der Waals surface area contributed by atoms with E-state index in [9.17, 15) is 27.5 Å². The molecular formula is C16H9F4NO2. The molecule has 0 radical (unpaired) electrons. The molecule has 0 spiro atoms. The van der Waals surface area contributed by atoms with Crippen LogP contribution in [0, 0.1) is 5.82 Å². The summed E-state index contributed by atoms with van der Waals surface area (Å²) in [6, 6.07) is 7.82. The summed E-state index contributed by atoms with van der Waals surface area (Å²) in [5.74, 6) is -1.84. The Hall–Kier alpha value is -2.83. The molecule has 0 fully saturated rings. The van der Waals surface area contributed by atoms with Crippen LogP contribution in [0.25, 0.3) is 22.0 Å². The van der Waals surface area contributed by atoms with Gasteiger partial charge < -0.3 is 10.1 Å². The van der Waals surface area contributed by atoms with Gasteiger partial charge in [0.05, 0.1) is 5.56 Å². The number of carbonyl (C=O) groups is 1. The maximum absolute atomic E-state index is 13.0. The van der Waals surface area contributed by atoms with Crippen LogP contribution in [0.15, 0.2) is 42.5 Å². The molecule has 3 nitrogen and oxygen atoms in total. The lowest BCUT2D eigenvalue weighted by atomic mass is 10.0. The predicted octanol–water partition coefficient (Wildman–Crippen LogP) is 4.69. The number of carboxylic acid groups (broad SMARTS) is 1. The topological polar surface area (TPSA) is 53.1 Å². The third-order valence-corrected chi connectivity index (χ3v) is 3.47. The number of halogens is 4. The SMILES string of the molecule is O=C(O)c1[nH]c2ccc(C(F)(F)F)cc2c1-c1ccc(F)cc1. The first-order valence-corrected chi connectivity index (χ1v) is 6.49. The molecular weight excluding hydrogens is 314 g/mol. The number of benzene rings is 2. The first kappa shape index (κ1) is 15.1. The van der Waals surface area contributed by atoms with Crippen LogP contribution >= 0.6 is 0 Å². The molecule has 0 atom stereocenters. The average Bonchev–Trinajstić information content (AvgIpc) is 2.86. The summed E-state index contributed by atoms with van der Waals surface area (Å²) in [5.41, 5.74) is -0.460. The number of fused-ring (bicyclic) bond motifs is 1. The van der Waals surface area contributed by atoms with E-state index in [0.717, 1.165) is 24.3 Å².